The van der Waals surface area contributed by atoms with Crippen molar-refractivity contribution in [3.05, 3.63) is 72.4 Å². The molecule has 1 aromatic carbocycles. The second kappa shape index (κ2) is 7.18. The molecule has 2 N–H and O–H groups in total. The standard InChI is InChI=1S/C19H19N7/c1-20-19(23-13-18-25-24-17-8-4-5-11-26(17)18)22-12-16-15-7-3-2-6-14(15)9-10-21-16/h2-11H,12-13H2,1H3,(H2,20,22,23). The third kappa shape index (κ3) is 3.19. The summed E-state index contributed by atoms with van der Waals surface area (Å²) >= 11 is 0. The molecule has 7 nitrogen and oxygen atoms in total. The summed E-state index contributed by atoms with van der Waals surface area (Å²) in [6.45, 7) is 1.11. The summed E-state index contributed by atoms with van der Waals surface area (Å²) in [6.07, 6.45) is 3.78. The number of rotatable bonds is 4. The lowest BCUT2D eigenvalue weighted by Gasteiger charge is -2.12. The van der Waals surface area contributed by atoms with Gasteiger partial charge in [-0.1, -0.05) is 30.3 Å². The van der Waals surface area contributed by atoms with E-state index in [-0.39, 0.29) is 0 Å². The van der Waals surface area contributed by atoms with Crippen LogP contribution in [0.4, 0.5) is 0 Å². The number of pyridine rings is 2. The molecule has 0 aliphatic rings. The van der Waals surface area contributed by atoms with Crippen molar-refractivity contribution in [2.45, 2.75) is 13.1 Å². The van der Waals surface area contributed by atoms with Crippen LogP contribution in [-0.4, -0.2) is 32.6 Å². The number of guanidine groups is 1. The van der Waals surface area contributed by atoms with E-state index < -0.39 is 0 Å². The molecule has 26 heavy (non-hydrogen) atoms. The largest absolute Gasteiger partial charge is 0.351 e. The molecule has 3 heterocycles. The zero-order valence-electron chi connectivity index (χ0n) is 14.4. The first-order valence-electron chi connectivity index (χ1n) is 8.41. The van der Waals surface area contributed by atoms with Crippen LogP contribution in [-0.2, 0) is 13.1 Å². The Morgan fingerprint density at radius 1 is 1.00 bits per heavy atom. The number of fused-ring (bicyclic) bond motifs is 2. The van der Waals surface area contributed by atoms with Crippen molar-refractivity contribution >= 4 is 22.4 Å². The smallest absolute Gasteiger partial charge is 0.191 e. The molecule has 0 unspecified atom stereocenters. The first kappa shape index (κ1) is 16.0. The Morgan fingerprint density at radius 2 is 1.85 bits per heavy atom. The van der Waals surface area contributed by atoms with Crippen LogP contribution in [0.25, 0.3) is 16.4 Å². The van der Waals surface area contributed by atoms with Gasteiger partial charge in [-0.3, -0.25) is 14.4 Å². The summed E-state index contributed by atoms with van der Waals surface area (Å²) in [5.74, 6) is 1.51. The first-order valence-corrected chi connectivity index (χ1v) is 8.41. The maximum atomic E-state index is 4.49. The minimum atomic E-state index is 0.522. The topological polar surface area (TPSA) is 79.5 Å². The van der Waals surface area contributed by atoms with Gasteiger partial charge in [-0.15, -0.1) is 10.2 Å². The number of benzene rings is 1. The van der Waals surface area contributed by atoms with Crippen molar-refractivity contribution in [3.8, 4) is 0 Å². The molecule has 0 radical (unpaired) electrons. The highest BCUT2D eigenvalue weighted by Crippen LogP contribution is 2.15. The van der Waals surface area contributed by atoms with E-state index in [0.29, 0.717) is 19.0 Å². The van der Waals surface area contributed by atoms with Crippen LogP contribution in [0, 0.1) is 0 Å². The average molecular weight is 345 g/mol. The summed E-state index contributed by atoms with van der Waals surface area (Å²) < 4.78 is 1.95. The minimum Gasteiger partial charge on any atom is -0.351 e. The summed E-state index contributed by atoms with van der Waals surface area (Å²) in [4.78, 5) is 8.76. The lowest BCUT2D eigenvalue weighted by molar-refractivity contribution is 0.758. The second-order valence-electron chi connectivity index (χ2n) is 5.80. The zero-order valence-corrected chi connectivity index (χ0v) is 14.4. The highest BCUT2D eigenvalue weighted by molar-refractivity contribution is 5.85. The second-order valence-corrected chi connectivity index (χ2v) is 5.80. The SMILES string of the molecule is CN=C(NCc1nccc2ccccc12)NCc1nnc2ccccn12. The fourth-order valence-corrected chi connectivity index (χ4v) is 2.89. The molecular formula is C19H19N7. The van der Waals surface area contributed by atoms with Gasteiger partial charge in [-0.05, 0) is 23.6 Å². The Bertz CT molecular complexity index is 1060. The van der Waals surface area contributed by atoms with Gasteiger partial charge in [-0.2, -0.15) is 0 Å². The molecule has 7 heteroatoms. The number of nitrogens with zero attached hydrogens (tertiary/aromatic N) is 5. The van der Waals surface area contributed by atoms with Gasteiger partial charge in [0.15, 0.2) is 17.4 Å². The Balaban J connectivity index is 1.43. The summed E-state index contributed by atoms with van der Waals surface area (Å²) in [5.41, 5.74) is 1.81. The number of nitrogens with one attached hydrogen (secondary N) is 2. The van der Waals surface area contributed by atoms with Crippen molar-refractivity contribution in [3.63, 3.8) is 0 Å². The van der Waals surface area contributed by atoms with Crippen molar-refractivity contribution in [1.29, 1.82) is 0 Å². The van der Waals surface area contributed by atoms with Gasteiger partial charge < -0.3 is 10.6 Å². The summed E-state index contributed by atoms with van der Waals surface area (Å²) in [5, 5.41) is 17.3. The van der Waals surface area contributed by atoms with Crippen LogP contribution in [0.1, 0.15) is 11.5 Å². The third-order valence-corrected chi connectivity index (χ3v) is 4.20. The van der Waals surface area contributed by atoms with Gasteiger partial charge >= 0.3 is 0 Å². The zero-order chi connectivity index (χ0) is 17.8. The molecule has 4 aromatic rings. The average Bonchev–Trinajstić information content (AvgIpc) is 3.11. The monoisotopic (exact) mass is 345 g/mol. The van der Waals surface area contributed by atoms with Crippen LogP contribution in [0.2, 0.25) is 0 Å². The van der Waals surface area contributed by atoms with E-state index >= 15 is 0 Å². The van der Waals surface area contributed by atoms with Crippen LogP contribution >= 0.6 is 0 Å². The van der Waals surface area contributed by atoms with Crippen molar-refractivity contribution in [1.82, 2.24) is 30.2 Å². The number of aliphatic imine (C=N–C) groups is 1. The van der Waals surface area contributed by atoms with Gasteiger partial charge in [-0.25, -0.2) is 0 Å². The minimum absolute atomic E-state index is 0.522. The van der Waals surface area contributed by atoms with Crippen molar-refractivity contribution < 1.29 is 0 Å². The maximum Gasteiger partial charge on any atom is 0.191 e. The maximum absolute atomic E-state index is 4.49. The van der Waals surface area contributed by atoms with Gasteiger partial charge in [0.2, 0.25) is 0 Å². The fraction of sp³-hybridized carbons (Fsp3) is 0.158. The van der Waals surface area contributed by atoms with E-state index in [4.69, 9.17) is 0 Å². The highest BCUT2D eigenvalue weighted by atomic mass is 15.3. The summed E-state index contributed by atoms with van der Waals surface area (Å²) in [7, 11) is 1.74. The Morgan fingerprint density at radius 3 is 2.77 bits per heavy atom. The van der Waals surface area contributed by atoms with Crippen molar-refractivity contribution in [2.75, 3.05) is 7.05 Å². The van der Waals surface area contributed by atoms with Gasteiger partial charge in [0.25, 0.3) is 0 Å². The molecule has 0 bridgehead atoms. The predicted molar refractivity (Wildman–Crippen MR) is 102 cm³/mol. The van der Waals surface area contributed by atoms with E-state index in [1.54, 1.807) is 7.05 Å². The molecule has 0 fully saturated rings. The molecule has 0 spiro atoms. The van der Waals surface area contributed by atoms with E-state index in [1.807, 2.05) is 53.2 Å². The third-order valence-electron chi connectivity index (χ3n) is 4.20. The molecule has 0 saturated carbocycles. The van der Waals surface area contributed by atoms with E-state index in [2.05, 4.69) is 42.9 Å². The van der Waals surface area contributed by atoms with Crippen molar-refractivity contribution in [2.24, 2.45) is 4.99 Å². The molecule has 0 aliphatic heterocycles. The first-order chi connectivity index (χ1) is 12.8. The van der Waals surface area contributed by atoms with Crippen LogP contribution in [0.15, 0.2) is 65.9 Å². The molecule has 0 aliphatic carbocycles. The normalized spacial score (nSPS) is 11.8. The number of aromatic nitrogens is 4. The highest BCUT2D eigenvalue weighted by Gasteiger charge is 2.07. The van der Waals surface area contributed by atoms with Crippen LogP contribution in [0.3, 0.4) is 0 Å². The molecule has 3 aromatic heterocycles. The molecule has 130 valence electrons. The van der Waals surface area contributed by atoms with E-state index in [0.717, 1.165) is 22.6 Å². The molecular weight excluding hydrogens is 326 g/mol. The molecule has 4 rings (SSSR count). The van der Waals surface area contributed by atoms with Gasteiger partial charge in [0.05, 0.1) is 18.8 Å². The van der Waals surface area contributed by atoms with Gasteiger partial charge in [0, 0.05) is 24.8 Å². The lowest BCUT2D eigenvalue weighted by Crippen LogP contribution is -2.37. The number of hydrogen-bond acceptors (Lipinski definition) is 4. The fourth-order valence-electron chi connectivity index (χ4n) is 2.89. The van der Waals surface area contributed by atoms with Crippen LogP contribution in [0.5, 0.6) is 0 Å². The molecule has 0 saturated heterocycles. The Kier molecular flexibility index (Phi) is 4.42. The quantitative estimate of drug-likeness (QED) is 0.438. The van der Waals surface area contributed by atoms with E-state index in [1.165, 1.54) is 5.39 Å². The predicted octanol–water partition coefficient (Wildman–Crippen LogP) is 2.14. The molecule has 0 atom stereocenters. The molecule has 0 amide bonds. The summed E-state index contributed by atoms with van der Waals surface area (Å²) in [6, 6.07) is 16.1. The van der Waals surface area contributed by atoms with Gasteiger partial charge in [0.1, 0.15) is 0 Å². The Labute approximate surface area is 150 Å². The lowest BCUT2D eigenvalue weighted by atomic mass is 10.1. The van der Waals surface area contributed by atoms with E-state index in [9.17, 15) is 0 Å². The Hall–Kier alpha value is -3.48. The van der Waals surface area contributed by atoms with Crippen LogP contribution < -0.4 is 10.6 Å². The number of hydrogen-bond donors (Lipinski definition) is 2.